The van der Waals surface area contributed by atoms with Crippen molar-refractivity contribution in [3.05, 3.63) is 41.8 Å². The van der Waals surface area contributed by atoms with Gasteiger partial charge in [0.15, 0.2) is 17.7 Å². The van der Waals surface area contributed by atoms with E-state index in [1.54, 1.807) is 11.8 Å². The molecule has 0 saturated carbocycles. The van der Waals surface area contributed by atoms with Crippen LogP contribution < -0.4 is 0 Å². The van der Waals surface area contributed by atoms with E-state index in [-0.39, 0.29) is 18.7 Å². The van der Waals surface area contributed by atoms with Gasteiger partial charge in [-0.05, 0) is 51.3 Å². The molecule has 0 bridgehead atoms. The van der Waals surface area contributed by atoms with Crippen LogP contribution in [0.5, 0.6) is 0 Å². The van der Waals surface area contributed by atoms with Crippen molar-refractivity contribution in [3.8, 4) is 0 Å². The summed E-state index contributed by atoms with van der Waals surface area (Å²) in [5.74, 6) is -1.96. The summed E-state index contributed by atoms with van der Waals surface area (Å²) in [6.45, 7) is 9.02. The first kappa shape index (κ1) is 21.3. The van der Waals surface area contributed by atoms with Crippen LogP contribution in [0.1, 0.15) is 34.6 Å². The van der Waals surface area contributed by atoms with Crippen LogP contribution in [-0.4, -0.2) is 48.6 Å². The van der Waals surface area contributed by atoms with E-state index in [4.69, 9.17) is 23.7 Å². The SMILES string of the molecule is CC(=O)O[C@@H]1COC(C)(C)O[C@H]1[C@@H]1OC(C)(C)O[C@@H]1/C=C/Sc1ccccc1. The molecule has 28 heavy (non-hydrogen) atoms. The van der Waals surface area contributed by atoms with Gasteiger partial charge in [-0.15, -0.1) is 0 Å². The van der Waals surface area contributed by atoms with Gasteiger partial charge in [-0.2, -0.15) is 0 Å². The van der Waals surface area contributed by atoms with Gasteiger partial charge < -0.3 is 23.7 Å². The van der Waals surface area contributed by atoms with E-state index in [0.717, 1.165) is 4.90 Å². The molecule has 1 aromatic rings. The lowest BCUT2D eigenvalue weighted by Crippen LogP contribution is -2.56. The van der Waals surface area contributed by atoms with Gasteiger partial charge in [-0.25, -0.2) is 0 Å². The first-order valence-corrected chi connectivity index (χ1v) is 10.3. The molecule has 2 aliphatic rings. The van der Waals surface area contributed by atoms with Crippen molar-refractivity contribution < 1.29 is 28.5 Å². The smallest absolute Gasteiger partial charge is 0.303 e. The van der Waals surface area contributed by atoms with E-state index in [0.29, 0.717) is 0 Å². The third-order valence-electron chi connectivity index (χ3n) is 4.40. The predicted octanol–water partition coefficient (Wildman–Crippen LogP) is 3.90. The van der Waals surface area contributed by atoms with Gasteiger partial charge in [-0.3, -0.25) is 4.79 Å². The summed E-state index contributed by atoms with van der Waals surface area (Å²) in [5, 5.41) is 1.99. The van der Waals surface area contributed by atoms with Gasteiger partial charge >= 0.3 is 5.97 Å². The fourth-order valence-electron chi connectivity index (χ4n) is 3.32. The second-order valence-electron chi connectivity index (χ2n) is 7.77. The zero-order valence-electron chi connectivity index (χ0n) is 16.9. The Morgan fingerprint density at radius 2 is 1.75 bits per heavy atom. The molecule has 154 valence electrons. The molecule has 3 rings (SSSR count). The van der Waals surface area contributed by atoms with Crippen molar-refractivity contribution in [2.75, 3.05) is 6.61 Å². The van der Waals surface area contributed by atoms with Crippen LogP contribution in [0.4, 0.5) is 0 Å². The number of carbonyl (C=O) groups excluding carboxylic acids is 1. The van der Waals surface area contributed by atoms with Crippen molar-refractivity contribution in [1.29, 1.82) is 0 Å². The van der Waals surface area contributed by atoms with Gasteiger partial charge in [0.25, 0.3) is 0 Å². The van der Waals surface area contributed by atoms with Gasteiger partial charge in [0, 0.05) is 11.8 Å². The Morgan fingerprint density at radius 3 is 2.43 bits per heavy atom. The van der Waals surface area contributed by atoms with E-state index < -0.39 is 29.9 Å². The third-order valence-corrected chi connectivity index (χ3v) is 5.24. The average molecular weight is 409 g/mol. The molecule has 2 fully saturated rings. The Morgan fingerprint density at radius 1 is 1.07 bits per heavy atom. The first-order chi connectivity index (χ1) is 13.2. The van der Waals surface area contributed by atoms with Crippen molar-refractivity contribution in [2.24, 2.45) is 0 Å². The van der Waals surface area contributed by atoms with Crippen LogP contribution in [0.15, 0.2) is 46.7 Å². The van der Waals surface area contributed by atoms with Crippen LogP contribution in [0.3, 0.4) is 0 Å². The number of thioether (sulfide) groups is 1. The van der Waals surface area contributed by atoms with Crippen molar-refractivity contribution in [1.82, 2.24) is 0 Å². The molecule has 0 aromatic heterocycles. The van der Waals surface area contributed by atoms with Crippen LogP contribution in [0.2, 0.25) is 0 Å². The van der Waals surface area contributed by atoms with Crippen LogP contribution >= 0.6 is 11.8 Å². The maximum absolute atomic E-state index is 11.5. The molecule has 2 aliphatic heterocycles. The number of hydrogen-bond acceptors (Lipinski definition) is 7. The Balaban J connectivity index is 1.77. The molecule has 1 aromatic carbocycles. The highest BCUT2D eigenvalue weighted by molar-refractivity contribution is 8.02. The van der Waals surface area contributed by atoms with E-state index in [2.05, 4.69) is 0 Å². The number of ether oxygens (including phenoxy) is 5. The Bertz CT molecular complexity index is 702. The number of rotatable bonds is 5. The third kappa shape index (κ3) is 5.58. The lowest BCUT2D eigenvalue weighted by molar-refractivity contribution is -0.323. The van der Waals surface area contributed by atoms with Crippen LogP contribution in [0, 0.1) is 0 Å². The summed E-state index contributed by atoms with van der Waals surface area (Å²) < 4.78 is 29.5. The van der Waals surface area contributed by atoms with Crippen molar-refractivity contribution in [2.45, 2.75) is 75.5 Å². The zero-order chi connectivity index (χ0) is 20.4. The summed E-state index contributed by atoms with van der Waals surface area (Å²) in [7, 11) is 0. The minimum Gasteiger partial charge on any atom is -0.457 e. The molecule has 4 atom stereocenters. The predicted molar refractivity (Wildman–Crippen MR) is 106 cm³/mol. The second-order valence-corrected chi connectivity index (χ2v) is 8.74. The van der Waals surface area contributed by atoms with Gasteiger partial charge in [-0.1, -0.05) is 30.0 Å². The summed E-state index contributed by atoms with van der Waals surface area (Å²) in [4.78, 5) is 12.7. The zero-order valence-corrected chi connectivity index (χ0v) is 17.7. The minimum atomic E-state index is -0.801. The largest absolute Gasteiger partial charge is 0.457 e. The summed E-state index contributed by atoms with van der Waals surface area (Å²) in [6.07, 6.45) is 0.114. The van der Waals surface area contributed by atoms with Crippen LogP contribution in [-0.2, 0) is 28.5 Å². The van der Waals surface area contributed by atoms with Crippen molar-refractivity contribution >= 4 is 17.7 Å². The van der Waals surface area contributed by atoms with E-state index in [9.17, 15) is 4.79 Å². The van der Waals surface area contributed by atoms with E-state index in [1.165, 1.54) is 6.92 Å². The fourth-order valence-corrected chi connectivity index (χ4v) is 4.03. The van der Waals surface area contributed by atoms with Crippen LogP contribution in [0.25, 0.3) is 0 Å². The van der Waals surface area contributed by atoms with E-state index >= 15 is 0 Å². The molecular formula is C21H28O6S. The summed E-state index contributed by atoms with van der Waals surface area (Å²) >= 11 is 1.60. The second kappa shape index (κ2) is 8.55. The van der Waals surface area contributed by atoms with Crippen molar-refractivity contribution in [3.63, 3.8) is 0 Å². The molecular weight excluding hydrogens is 380 g/mol. The van der Waals surface area contributed by atoms with E-state index in [1.807, 2.05) is 69.5 Å². The quantitative estimate of drug-likeness (QED) is 0.541. The molecule has 0 amide bonds. The Kier molecular flexibility index (Phi) is 6.51. The first-order valence-electron chi connectivity index (χ1n) is 9.38. The lowest BCUT2D eigenvalue weighted by Gasteiger charge is -2.42. The highest BCUT2D eigenvalue weighted by atomic mass is 32.2. The number of esters is 1. The fraction of sp³-hybridized carbons (Fsp3) is 0.571. The number of benzene rings is 1. The molecule has 0 unspecified atom stereocenters. The molecule has 0 N–H and O–H groups in total. The van der Waals surface area contributed by atoms with Gasteiger partial charge in [0.05, 0.1) is 6.61 Å². The number of hydrogen-bond donors (Lipinski definition) is 0. The average Bonchev–Trinajstić information content (AvgIpc) is 2.91. The van der Waals surface area contributed by atoms with Gasteiger partial charge in [0.2, 0.25) is 0 Å². The maximum atomic E-state index is 11.5. The summed E-state index contributed by atoms with van der Waals surface area (Å²) in [5.41, 5.74) is 0. The molecule has 0 aliphatic carbocycles. The standard InChI is InChI=1S/C21H28O6S/c1-14(22)24-17-13-23-20(2,3)26-19(17)18-16(25-21(4,5)27-18)11-12-28-15-9-7-6-8-10-15/h6-12,16-19H,13H2,1-5H3/b12-11+/t16-,17-,18-,19-/m1/s1. The molecule has 2 saturated heterocycles. The summed E-state index contributed by atoms with van der Waals surface area (Å²) in [6, 6.07) is 10.1. The van der Waals surface area contributed by atoms with Gasteiger partial charge in [0.1, 0.15) is 18.3 Å². The monoisotopic (exact) mass is 408 g/mol. The lowest BCUT2D eigenvalue weighted by atomic mass is 10.0. The highest BCUT2D eigenvalue weighted by Gasteiger charge is 2.51. The Hall–Kier alpha value is -1.38. The Labute approximate surface area is 170 Å². The maximum Gasteiger partial charge on any atom is 0.303 e. The molecule has 0 spiro atoms. The molecule has 2 heterocycles. The number of carbonyl (C=O) groups is 1. The molecule has 0 radical (unpaired) electrons. The molecule has 6 nitrogen and oxygen atoms in total. The minimum absolute atomic E-state index is 0.243. The normalized spacial score (nSPS) is 31.8. The topological polar surface area (TPSA) is 63.2 Å². The molecule has 7 heteroatoms. The highest BCUT2D eigenvalue weighted by Crippen LogP contribution is 2.37.